The van der Waals surface area contributed by atoms with Crippen LogP contribution >= 0.6 is 0 Å². The summed E-state index contributed by atoms with van der Waals surface area (Å²) >= 11 is 0. The van der Waals surface area contributed by atoms with E-state index in [9.17, 15) is 9.59 Å². The highest BCUT2D eigenvalue weighted by atomic mass is 16.2. The standard InChI is InChI=1S/C13H17N3O2/c1-10(17)16(8-11-4-6-14-7-5-11)9-13(18)15-12-2-3-12/h4-7,12H,2-3,8-9H2,1H3,(H,15,18). The van der Waals surface area contributed by atoms with Crippen molar-refractivity contribution in [3.05, 3.63) is 30.1 Å². The van der Waals surface area contributed by atoms with Crippen molar-refractivity contribution in [2.75, 3.05) is 6.54 Å². The summed E-state index contributed by atoms with van der Waals surface area (Å²) in [5.74, 6) is -0.181. The van der Waals surface area contributed by atoms with Crippen LogP contribution in [0.3, 0.4) is 0 Å². The fraction of sp³-hybridized carbons (Fsp3) is 0.462. The lowest BCUT2D eigenvalue weighted by molar-refractivity contribution is -0.135. The largest absolute Gasteiger partial charge is 0.352 e. The van der Waals surface area contributed by atoms with Gasteiger partial charge in [0.25, 0.3) is 0 Å². The molecule has 2 rings (SSSR count). The molecule has 2 amide bonds. The lowest BCUT2D eigenvalue weighted by Gasteiger charge is -2.20. The molecule has 1 aromatic rings. The molecule has 0 aliphatic heterocycles. The first-order chi connectivity index (χ1) is 8.65. The zero-order chi connectivity index (χ0) is 13.0. The van der Waals surface area contributed by atoms with Crippen LogP contribution in [0, 0.1) is 0 Å². The first-order valence-electron chi connectivity index (χ1n) is 6.09. The number of pyridine rings is 1. The lowest BCUT2D eigenvalue weighted by Crippen LogP contribution is -2.40. The van der Waals surface area contributed by atoms with Gasteiger partial charge in [0.05, 0.1) is 6.54 Å². The lowest BCUT2D eigenvalue weighted by atomic mass is 10.2. The summed E-state index contributed by atoms with van der Waals surface area (Å²) in [5, 5.41) is 2.88. The molecule has 0 saturated heterocycles. The number of rotatable bonds is 5. The van der Waals surface area contributed by atoms with Gasteiger partial charge in [-0.25, -0.2) is 0 Å². The number of carbonyl (C=O) groups is 2. The maximum absolute atomic E-state index is 11.7. The van der Waals surface area contributed by atoms with Crippen molar-refractivity contribution in [1.82, 2.24) is 15.2 Å². The maximum atomic E-state index is 11.7. The van der Waals surface area contributed by atoms with Crippen LogP contribution in [-0.4, -0.2) is 34.3 Å². The van der Waals surface area contributed by atoms with Gasteiger partial charge in [-0.15, -0.1) is 0 Å². The van der Waals surface area contributed by atoms with E-state index < -0.39 is 0 Å². The molecule has 1 fully saturated rings. The van der Waals surface area contributed by atoms with Crippen LogP contribution in [0.4, 0.5) is 0 Å². The number of amides is 2. The predicted octanol–water partition coefficient (Wildman–Crippen LogP) is 0.709. The fourth-order valence-corrected chi connectivity index (χ4v) is 1.66. The molecule has 5 heteroatoms. The van der Waals surface area contributed by atoms with E-state index in [2.05, 4.69) is 10.3 Å². The average Bonchev–Trinajstić information content (AvgIpc) is 3.13. The molecule has 0 unspecified atom stereocenters. The molecule has 5 nitrogen and oxygen atoms in total. The van der Waals surface area contributed by atoms with Crippen molar-refractivity contribution in [2.24, 2.45) is 0 Å². The molecular weight excluding hydrogens is 230 g/mol. The van der Waals surface area contributed by atoms with Gasteiger partial charge in [0.2, 0.25) is 11.8 Å². The Kier molecular flexibility index (Phi) is 3.92. The van der Waals surface area contributed by atoms with Crippen molar-refractivity contribution in [3.63, 3.8) is 0 Å². The van der Waals surface area contributed by atoms with E-state index in [0.29, 0.717) is 12.6 Å². The van der Waals surface area contributed by atoms with Crippen molar-refractivity contribution < 1.29 is 9.59 Å². The van der Waals surface area contributed by atoms with Crippen molar-refractivity contribution in [1.29, 1.82) is 0 Å². The second kappa shape index (κ2) is 5.62. The van der Waals surface area contributed by atoms with Gasteiger partial charge in [0.1, 0.15) is 0 Å². The monoisotopic (exact) mass is 247 g/mol. The minimum Gasteiger partial charge on any atom is -0.352 e. The summed E-state index contributed by atoms with van der Waals surface area (Å²) in [6.07, 6.45) is 5.46. The normalized spacial score (nSPS) is 14.1. The average molecular weight is 247 g/mol. The predicted molar refractivity (Wildman–Crippen MR) is 66.5 cm³/mol. The van der Waals surface area contributed by atoms with Crippen molar-refractivity contribution >= 4 is 11.8 Å². The van der Waals surface area contributed by atoms with Gasteiger partial charge in [-0.05, 0) is 30.5 Å². The van der Waals surface area contributed by atoms with Crippen LogP contribution in [0.5, 0.6) is 0 Å². The first-order valence-corrected chi connectivity index (χ1v) is 6.09. The van der Waals surface area contributed by atoms with Gasteiger partial charge < -0.3 is 10.2 Å². The molecule has 1 saturated carbocycles. The van der Waals surface area contributed by atoms with Gasteiger partial charge in [-0.1, -0.05) is 0 Å². The topological polar surface area (TPSA) is 62.3 Å². The summed E-state index contributed by atoms with van der Waals surface area (Å²) in [7, 11) is 0. The number of aromatic nitrogens is 1. The summed E-state index contributed by atoms with van der Waals surface area (Å²) < 4.78 is 0. The summed E-state index contributed by atoms with van der Waals surface area (Å²) in [5.41, 5.74) is 0.972. The second-order valence-electron chi connectivity index (χ2n) is 4.57. The van der Waals surface area contributed by atoms with Gasteiger partial charge in [-0.3, -0.25) is 14.6 Å². The van der Waals surface area contributed by atoms with E-state index in [4.69, 9.17) is 0 Å². The number of nitrogens with one attached hydrogen (secondary N) is 1. The molecule has 1 aromatic heterocycles. The van der Waals surface area contributed by atoms with Crippen LogP contribution in [0.25, 0.3) is 0 Å². The van der Waals surface area contributed by atoms with Gasteiger partial charge in [0, 0.05) is 31.9 Å². The highest BCUT2D eigenvalue weighted by Gasteiger charge is 2.24. The van der Waals surface area contributed by atoms with Crippen molar-refractivity contribution in [2.45, 2.75) is 32.4 Å². The Balaban J connectivity index is 1.91. The molecule has 96 valence electrons. The Morgan fingerprint density at radius 1 is 1.39 bits per heavy atom. The molecule has 1 aliphatic rings. The van der Waals surface area contributed by atoms with E-state index in [1.807, 2.05) is 12.1 Å². The Morgan fingerprint density at radius 3 is 2.61 bits per heavy atom. The Hall–Kier alpha value is -1.91. The molecule has 0 spiro atoms. The smallest absolute Gasteiger partial charge is 0.239 e. The quantitative estimate of drug-likeness (QED) is 0.833. The van der Waals surface area contributed by atoms with E-state index >= 15 is 0 Å². The number of hydrogen-bond acceptors (Lipinski definition) is 3. The number of hydrogen-bond donors (Lipinski definition) is 1. The van der Waals surface area contributed by atoms with Crippen LogP contribution < -0.4 is 5.32 Å². The third-order valence-corrected chi connectivity index (χ3v) is 2.85. The molecule has 0 radical (unpaired) electrons. The Labute approximate surface area is 106 Å². The molecule has 18 heavy (non-hydrogen) atoms. The van der Waals surface area contributed by atoms with Crippen LogP contribution in [0.1, 0.15) is 25.3 Å². The highest BCUT2D eigenvalue weighted by Crippen LogP contribution is 2.18. The van der Waals surface area contributed by atoms with Gasteiger partial charge in [-0.2, -0.15) is 0 Å². The Bertz CT molecular complexity index is 429. The molecule has 0 atom stereocenters. The van der Waals surface area contributed by atoms with Gasteiger partial charge in [0.15, 0.2) is 0 Å². The zero-order valence-electron chi connectivity index (χ0n) is 10.4. The van der Waals surface area contributed by atoms with Crippen LogP contribution in [0.15, 0.2) is 24.5 Å². The van der Waals surface area contributed by atoms with Crippen LogP contribution in [-0.2, 0) is 16.1 Å². The van der Waals surface area contributed by atoms with E-state index in [1.165, 1.54) is 11.8 Å². The van der Waals surface area contributed by atoms with E-state index in [0.717, 1.165) is 18.4 Å². The third kappa shape index (κ3) is 3.84. The van der Waals surface area contributed by atoms with E-state index in [-0.39, 0.29) is 18.4 Å². The second-order valence-corrected chi connectivity index (χ2v) is 4.57. The molecule has 1 heterocycles. The molecule has 1 N–H and O–H groups in total. The minimum absolute atomic E-state index is 0.0817. The number of carbonyl (C=O) groups excluding carboxylic acids is 2. The maximum Gasteiger partial charge on any atom is 0.239 e. The minimum atomic E-state index is -0.0993. The highest BCUT2D eigenvalue weighted by molar-refractivity contribution is 5.84. The first kappa shape index (κ1) is 12.5. The fourth-order valence-electron chi connectivity index (χ4n) is 1.66. The summed E-state index contributed by atoms with van der Waals surface area (Å²) in [4.78, 5) is 28.7. The molecular formula is C13H17N3O2. The summed E-state index contributed by atoms with van der Waals surface area (Å²) in [6, 6.07) is 4.01. The molecule has 0 bridgehead atoms. The third-order valence-electron chi connectivity index (χ3n) is 2.85. The SMILES string of the molecule is CC(=O)N(CC(=O)NC1CC1)Cc1ccncc1. The molecule has 1 aliphatic carbocycles. The van der Waals surface area contributed by atoms with Gasteiger partial charge >= 0.3 is 0 Å². The Morgan fingerprint density at radius 2 is 2.06 bits per heavy atom. The van der Waals surface area contributed by atoms with Crippen LogP contribution in [0.2, 0.25) is 0 Å². The molecule has 0 aromatic carbocycles. The van der Waals surface area contributed by atoms with E-state index in [1.54, 1.807) is 12.4 Å². The number of nitrogens with zero attached hydrogens (tertiary/aromatic N) is 2. The zero-order valence-corrected chi connectivity index (χ0v) is 10.4. The summed E-state index contributed by atoms with van der Waals surface area (Å²) in [6.45, 7) is 2.04. The van der Waals surface area contributed by atoms with Crippen molar-refractivity contribution in [3.8, 4) is 0 Å².